The second-order valence-corrected chi connectivity index (χ2v) is 6.06. The maximum atomic E-state index is 9.34. The van der Waals surface area contributed by atoms with E-state index in [1.54, 1.807) is 0 Å². The van der Waals surface area contributed by atoms with Gasteiger partial charge < -0.3 is 9.63 Å². The first-order valence-corrected chi connectivity index (χ1v) is 7.77. The highest BCUT2D eigenvalue weighted by Crippen LogP contribution is 2.24. The quantitative estimate of drug-likeness (QED) is 0.812. The van der Waals surface area contributed by atoms with Crippen LogP contribution in [0.25, 0.3) is 0 Å². The number of nitrogens with zero attached hydrogens (tertiary/aromatic N) is 3. The van der Waals surface area contributed by atoms with Gasteiger partial charge in [0.15, 0.2) is 5.82 Å². The molecular weight excluding hydrogens is 278 g/mol. The van der Waals surface area contributed by atoms with E-state index in [1.165, 1.54) is 5.56 Å². The summed E-state index contributed by atoms with van der Waals surface area (Å²) >= 11 is 0. The van der Waals surface area contributed by atoms with Crippen LogP contribution in [-0.2, 0) is 13.0 Å². The minimum atomic E-state index is 0.131. The summed E-state index contributed by atoms with van der Waals surface area (Å²) in [6.07, 6.45) is 1.50. The number of rotatable bonds is 8. The number of aliphatic hydroxyl groups excluding tert-OH is 1. The summed E-state index contributed by atoms with van der Waals surface area (Å²) in [6, 6.07) is 10.3. The summed E-state index contributed by atoms with van der Waals surface area (Å²) in [5.74, 6) is 1.89. The zero-order valence-corrected chi connectivity index (χ0v) is 13.6. The van der Waals surface area contributed by atoms with Gasteiger partial charge in [-0.25, -0.2) is 0 Å². The molecule has 0 aliphatic rings. The zero-order chi connectivity index (χ0) is 15.9. The van der Waals surface area contributed by atoms with Crippen LogP contribution in [0.1, 0.15) is 43.6 Å². The topological polar surface area (TPSA) is 62.4 Å². The fourth-order valence-electron chi connectivity index (χ4n) is 2.56. The van der Waals surface area contributed by atoms with Crippen molar-refractivity contribution >= 4 is 0 Å². The predicted octanol–water partition coefficient (Wildman–Crippen LogP) is 2.82. The standard InChI is InChI=1S/C17H25N3O2/c1-13(2)11-16-18-17(22-19-16)12-20(3)15(9-10-21)14-7-5-4-6-8-14/h4-8,13,15,21H,9-12H2,1-3H3. The Morgan fingerprint density at radius 1 is 1.23 bits per heavy atom. The van der Waals surface area contributed by atoms with E-state index in [4.69, 9.17) is 4.52 Å². The molecule has 1 N–H and O–H groups in total. The number of benzene rings is 1. The molecule has 0 saturated carbocycles. The summed E-state index contributed by atoms with van der Waals surface area (Å²) in [7, 11) is 2.01. The number of aliphatic hydroxyl groups is 1. The smallest absolute Gasteiger partial charge is 0.240 e. The van der Waals surface area contributed by atoms with Crippen molar-refractivity contribution in [3.63, 3.8) is 0 Å². The molecule has 5 nitrogen and oxygen atoms in total. The monoisotopic (exact) mass is 303 g/mol. The minimum absolute atomic E-state index is 0.131. The lowest BCUT2D eigenvalue weighted by Crippen LogP contribution is -2.25. The molecule has 0 amide bonds. The molecule has 0 bridgehead atoms. The molecule has 0 spiro atoms. The lowest BCUT2D eigenvalue weighted by Gasteiger charge is -2.26. The van der Waals surface area contributed by atoms with Gasteiger partial charge in [0.05, 0.1) is 6.54 Å². The van der Waals surface area contributed by atoms with Crippen LogP contribution in [0, 0.1) is 5.92 Å². The van der Waals surface area contributed by atoms with Gasteiger partial charge in [-0.2, -0.15) is 4.98 Å². The first-order chi connectivity index (χ1) is 10.6. The summed E-state index contributed by atoms with van der Waals surface area (Å²) in [5.41, 5.74) is 1.18. The lowest BCUT2D eigenvalue weighted by atomic mass is 10.0. The SMILES string of the molecule is CC(C)Cc1noc(CN(C)C(CCO)c2ccccc2)n1. The normalized spacial score (nSPS) is 13.0. The second-order valence-electron chi connectivity index (χ2n) is 6.06. The third-order valence-electron chi connectivity index (χ3n) is 3.60. The van der Waals surface area contributed by atoms with Crippen molar-refractivity contribution in [1.29, 1.82) is 0 Å². The first kappa shape index (κ1) is 16.6. The zero-order valence-electron chi connectivity index (χ0n) is 13.6. The Bertz CT molecular complexity index is 554. The molecule has 120 valence electrons. The number of hydrogen-bond acceptors (Lipinski definition) is 5. The van der Waals surface area contributed by atoms with Crippen molar-refractivity contribution in [2.45, 2.75) is 39.3 Å². The van der Waals surface area contributed by atoms with E-state index in [9.17, 15) is 5.11 Å². The number of aromatic nitrogens is 2. The Morgan fingerprint density at radius 3 is 2.59 bits per heavy atom. The molecule has 2 aromatic rings. The highest BCUT2D eigenvalue weighted by molar-refractivity contribution is 5.19. The predicted molar refractivity (Wildman–Crippen MR) is 85.2 cm³/mol. The first-order valence-electron chi connectivity index (χ1n) is 7.77. The molecule has 1 unspecified atom stereocenters. The summed E-state index contributed by atoms with van der Waals surface area (Å²) in [6.45, 7) is 4.99. The van der Waals surface area contributed by atoms with Crippen LogP contribution < -0.4 is 0 Å². The maximum absolute atomic E-state index is 9.34. The van der Waals surface area contributed by atoms with E-state index in [-0.39, 0.29) is 12.6 Å². The Hall–Kier alpha value is -1.72. The molecule has 0 fully saturated rings. The van der Waals surface area contributed by atoms with Crippen molar-refractivity contribution in [3.8, 4) is 0 Å². The average molecular weight is 303 g/mol. The van der Waals surface area contributed by atoms with Crippen LogP contribution in [0.3, 0.4) is 0 Å². The molecule has 0 aliphatic heterocycles. The van der Waals surface area contributed by atoms with Crippen LogP contribution in [0.15, 0.2) is 34.9 Å². The Kier molecular flexibility index (Phi) is 6.10. The molecule has 1 atom stereocenters. The van der Waals surface area contributed by atoms with Gasteiger partial charge >= 0.3 is 0 Å². The minimum Gasteiger partial charge on any atom is -0.396 e. The van der Waals surface area contributed by atoms with Gasteiger partial charge in [0, 0.05) is 19.1 Å². The third-order valence-corrected chi connectivity index (χ3v) is 3.60. The van der Waals surface area contributed by atoms with Crippen molar-refractivity contribution in [3.05, 3.63) is 47.6 Å². The van der Waals surface area contributed by atoms with E-state index in [0.29, 0.717) is 24.8 Å². The van der Waals surface area contributed by atoms with Gasteiger partial charge in [-0.15, -0.1) is 0 Å². The van der Waals surface area contributed by atoms with Gasteiger partial charge in [0.1, 0.15) is 0 Å². The summed E-state index contributed by atoms with van der Waals surface area (Å²) < 4.78 is 5.34. The highest BCUT2D eigenvalue weighted by atomic mass is 16.5. The molecule has 0 saturated heterocycles. The van der Waals surface area contributed by atoms with Crippen molar-refractivity contribution < 1.29 is 9.63 Å². The Labute approximate surface area is 132 Å². The Balaban J connectivity index is 2.04. The van der Waals surface area contributed by atoms with Gasteiger partial charge in [-0.1, -0.05) is 49.3 Å². The molecule has 5 heteroatoms. The van der Waals surface area contributed by atoms with Gasteiger partial charge in [0.25, 0.3) is 0 Å². The van der Waals surface area contributed by atoms with E-state index in [0.717, 1.165) is 12.2 Å². The molecule has 1 heterocycles. The second kappa shape index (κ2) is 8.06. The van der Waals surface area contributed by atoms with E-state index >= 15 is 0 Å². The van der Waals surface area contributed by atoms with Crippen LogP contribution in [-0.4, -0.2) is 33.8 Å². The highest BCUT2D eigenvalue weighted by Gasteiger charge is 2.19. The summed E-state index contributed by atoms with van der Waals surface area (Å²) in [4.78, 5) is 6.58. The summed E-state index contributed by atoms with van der Waals surface area (Å²) in [5, 5.41) is 13.4. The molecule has 2 rings (SSSR count). The van der Waals surface area contributed by atoms with E-state index in [2.05, 4.69) is 41.0 Å². The fourth-order valence-corrected chi connectivity index (χ4v) is 2.56. The molecule has 22 heavy (non-hydrogen) atoms. The molecule has 0 radical (unpaired) electrons. The van der Waals surface area contributed by atoms with Crippen molar-refractivity contribution in [2.24, 2.45) is 5.92 Å². The van der Waals surface area contributed by atoms with Crippen molar-refractivity contribution in [1.82, 2.24) is 15.0 Å². The van der Waals surface area contributed by atoms with Gasteiger partial charge in [-0.05, 0) is 24.9 Å². The molecule has 1 aromatic carbocycles. The average Bonchev–Trinajstić information content (AvgIpc) is 2.91. The molecule has 1 aromatic heterocycles. The molecular formula is C17H25N3O2. The van der Waals surface area contributed by atoms with Crippen LogP contribution in [0.2, 0.25) is 0 Å². The fraction of sp³-hybridized carbons (Fsp3) is 0.529. The van der Waals surface area contributed by atoms with Crippen LogP contribution in [0.4, 0.5) is 0 Å². The third kappa shape index (κ3) is 4.64. The number of hydrogen-bond donors (Lipinski definition) is 1. The Morgan fingerprint density at radius 2 is 1.95 bits per heavy atom. The van der Waals surface area contributed by atoms with Crippen molar-refractivity contribution in [2.75, 3.05) is 13.7 Å². The van der Waals surface area contributed by atoms with Crippen LogP contribution >= 0.6 is 0 Å². The van der Waals surface area contributed by atoms with Gasteiger partial charge in [0.2, 0.25) is 5.89 Å². The van der Waals surface area contributed by atoms with Gasteiger partial charge in [-0.3, -0.25) is 4.90 Å². The maximum Gasteiger partial charge on any atom is 0.240 e. The largest absolute Gasteiger partial charge is 0.396 e. The van der Waals surface area contributed by atoms with Crippen LogP contribution in [0.5, 0.6) is 0 Å². The van der Waals surface area contributed by atoms with E-state index < -0.39 is 0 Å². The van der Waals surface area contributed by atoms with E-state index in [1.807, 2.05) is 25.2 Å². The molecule has 0 aliphatic carbocycles. The lowest BCUT2D eigenvalue weighted by molar-refractivity contribution is 0.164.